The van der Waals surface area contributed by atoms with Gasteiger partial charge in [0.05, 0.1) is 17.4 Å². The lowest BCUT2D eigenvalue weighted by Gasteiger charge is -2.32. The van der Waals surface area contributed by atoms with E-state index < -0.39 is 5.54 Å². The molecule has 5 heteroatoms. The maximum absolute atomic E-state index is 12.9. The summed E-state index contributed by atoms with van der Waals surface area (Å²) in [4.78, 5) is 18.9. The monoisotopic (exact) mass is 426 g/mol. The van der Waals surface area contributed by atoms with E-state index in [1.807, 2.05) is 23.1 Å². The molecule has 1 aliphatic heterocycles. The van der Waals surface area contributed by atoms with E-state index in [0.717, 1.165) is 26.8 Å². The fraction of sp³-hybridized carbons (Fsp3) is 0.294. The minimum Gasteiger partial charge on any atom is -0.297 e. The van der Waals surface area contributed by atoms with Crippen LogP contribution in [0.4, 0.5) is 5.69 Å². The molecule has 3 nitrogen and oxygen atoms in total. The zero-order valence-electron chi connectivity index (χ0n) is 12.4. The molecule has 0 atom stereocenters. The van der Waals surface area contributed by atoms with Crippen LogP contribution < -0.4 is 4.90 Å². The topological polar surface area (TPSA) is 33.2 Å². The maximum atomic E-state index is 12.9. The van der Waals surface area contributed by atoms with Crippen molar-refractivity contribution in [2.45, 2.75) is 29.7 Å². The number of anilines is 1. The lowest BCUT2D eigenvalue weighted by Crippen LogP contribution is -2.39. The third-order valence-electron chi connectivity index (χ3n) is 4.08. The van der Waals surface area contributed by atoms with Crippen LogP contribution in [0.5, 0.6) is 0 Å². The van der Waals surface area contributed by atoms with Crippen LogP contribution in [0, 0.1) is 0 Å². The van der Waals surface area contributed by atoms with Gasteiger partial charge in [0.2, 0.25) is 0 Å². The van der Waals surface area contributed by atoms with Crippen LogP contribution in [0.2, 0.25) is 0 Å². The highest BCUT2D eigenvalue weighted by Crippen LogP contribution is 2.42. The van der Waals surface area contributed by atoms with Gasteiger partial charge in [-0.05, 0) is 42.7 Å². The third-order valence-corrected chi connectivity index (χ3v) is 5.27. The fourth-order valence-electron chi connectivity index (χ4n) is 2.97. The molecule has 2 heterocycles. The summed E-state index contributed by atoms with van der Waals surface area (Å²) >= 11 is 8.24. The number of carbonyl (C=O) groups excluding carboxylic acids is 1. The molecule has 1 aromatic heterocycles. The van der Waals surface area contributed by atoms with Gasteiger partial charge in [-0.25, -0.2) is 0 Å². The normalized spacial score (nSPS) is 16.0. The summed E-state index contributed by atoms with van der Waals surface area (Å²) in [5.74, 6) is 0.406. The first-order valence-electron chi connectivity index (χ1n) is 7.03. The minimum absolute atomic E-state index is 0.0218. The van der Waals surface area contributed by atoms with Crippen LogP contribution in [0.15, 0.2) is 36.7 Å². The average Bonchev–Trinajstić information content (AvgIpc) is 2.73. The summed E-state index contributed by atoms with van der Waals surface area (Å²) in [6.45, 7) is 4.14. The second-order valence-electron chi connectivity index (χ2n) is 5.90. The molecule has 1 aliphatic rings. The molecule has 0 aliphatic carbocycles. The largest absolute Gasteiger partial charge is 0.297 e. The van der Waals surface area contributed by atoms with Gasteiger partial charge in [0.15, 0.2) is 0 Å². The summed E-state index contributed by atoms with van der Waals surface area (Å²) in [5.41, 5.74) is 4.38. The van der Waals surface area contributed by atoms with E-state index >= 15 is 0 Å². The molecule has 3 rings (SSSR count). The van der Waals surface area contributed by atoms with Gasteiger partial charge < -0.3 is 0 Å². The third kappa shape index (κ3) is 2.42. The number of benzene rings is 1. The van der Waals surface area contributed by atoms with Crippen molar-refractivity contribution in [3.63, 3.8) is 0 Å². The number of pyridine rings is 1. The molecule has 0 unspecified atom stereocenters. The standard InChI is InChI=1S/C17H16ClIN2O/c1-17(2)15-6-11(8-19)3-4-14(15)16(22)21(17)13-5-12(7-18)9-20-10-13/h3-6,9-10H,7-8H2,1-2H3. The molecule has 0 spiro atoms. The number of hydrogen-bond acceptors (Lipinski definition) is 2. The second-order valence-corrected chi connectivity index (χ2v) is 6.93. The Balaban J connectivity index is 2.13. The molecular weight excluding hydrogens is 411 g/mol. The Bertz CT molecular complexity index is 745. The van der Waals surface area contributed by atoms with Crippen LogP contribution in [-0.2, 0) is 15.8 Å². The van der Waals surface area contributed by atoms with E-state index in [4.69, 9.17) is 11.6 Å². The first kappa shape index (κ1) is 15.7. The van der Waals surface area contributed by atoms with E-state index in [9.17, 15) is 4.79 Å². The van der Waals surface area contributed by atoms with E-state index in [1.165, 1.54) is 5.56 Å². The van der Waals surface area contributed by atoms with Gasteiger partial charge in [-0.15, -0.1) is 11.6 Å². The van der Waals surface area contributed by atoms with Crippen molar-refractivity contribution in [3.05, 3.63) is 58.9 Å². The predicted octanol–water partition coefficient (Wildman–Crippen LogP) is 4.65. The van der Waals surface area contributed by atoms with Crippen molar-refractivity contribution in [2.75, 3.05) is 4.90 Å². The average molecular weight is 427 g/mol. The Morgan fingerprint density at radius 1 is 1.23 bits per heavy atom. The van der Waals surface area contributed by atoms with Gasteiger partial charge in [0.1, 0.15) is 0 Å². The lowest BCUT2D eigenvalue weighted by atomic mass is 9.92. The van der Waals surface area contributed by atoms with E-state index in [-0.39, 0.29) is 5.91 Å². The number of carbonyl (C=O) groups is 1. The number of aromatic nitrogens is 1. The Labute approximate surface area is 148 Å². The Morgan fingerprint density at radius 2 is 2.00 bits per heavy atom. The first-order valence-corrected chi connectivity index (χ1v) is 9.09. The molecule has 0 radical (unpaired) electrons. The molecule has 0 N–H and O–H groups in total. The van der Waals surface area contributed by atoms with Gasteiger partial charge in [0, 0.05) is 22.1 Å². The molecule has 114 valence electrons. The van der Waals surface area contributed by atoms with Crippen molar-refractivity contribution in [1.29, 1.82) is 0 Å². The highest BCUT2D eigenvalue weighted by atomic mass is 127. The summed E-state index contributed by atoms with van der Waals surface area (Å²) in [7, 11) is 0. The maximum Gasteiger partial charge on any atom is 0.259 e. The Kier molecular flexibility index (Phi) is 4.16. The first-order chi connectivity index (χ1) is 10.5. The summed E-state index contributed by atoms with van der Waals surface area (Å²) in [5, 5.41) is 0. The smallest absolute Gasteiger partial charge is 0.259 e. The van der Waals surface area contributed by atoms with Crippen LogP contribution >= 0.6 is 34.2 Å². The highest BCUT2D eigenvalue weighted by molar-refractivity contribution is 14.1. The summed E-state index contributed by atoms with van der Waals surface area (Å²) < 4.78 is 0.929. The van der Waals surface area contributed by atoms with Gasteiger partial charge in [-0.1, -0.05) is 34.7 Å². The molecule has 0 fully saturated rings. The molecule has 2 aromatic rings. The molecule has 0 saturated carbocycles. The number of alkyl halides is 2. The van der Waals surface area contributed by atoms with Crippen molar-refractivity contribution in [3.8, 4) is 0 Å². The summed E-state index contributed by atoms with van der Waals surface area (Å²) in [6.07, 6.45) is 3.45. The fourth-order valence-corrected chi connectivity index (χ4v) is 3.59. The molecule has 0 bridgehead atoms. The van der Waals surface area contributed by atoms with Crippen LogP contribution in [0.1, 0.15) is 40.9 Å². The zero-order valence-corrected chi connectivity index (χ0v) is 15.4. The van der Waals surface area contributed by atoms with Crippen LogP contribution in [0.25, 0.3) is 0 Å². The Morgan fingerprint density at radius 3 is 2.68 bits per heavy atom. The molecule has 22 heavy (non-hydrogen) atoms. The number of halogens is 2. The number of nitrogens with zero attached hydrogens (tertiary/aromatic N) is 2. The van der Waals surface area contributed by atoms with Gasteiger partial charge in [-0.3, -0.25) is 14.7 Å². The van der Waals surface area contributed by atoms with Crippen molar-refractivity contribution in [2.24, 2.45) is 0 Å². The van der Waals surface area contributed by atoms with Gasteiger partial charge in [0.25, 0.3) is 5.91 Å². The van der Waals surface area contributed by atoms with Crippen LogP contribution in [-0.4, -0.2) is 10.9 Å². The predicted molar refractivity (Wildman–Crippen MR) is 97.8 cm³/mol. The number of fused-ring (bicyclic) bond motifs is 1. The van der Waals surface area contributed by atoms with Crippen LogP contribution in [0.3, 0.4) is 0 Å². The molecule has 0 saturated heterocycles. The van der Waals surface area contributed by atoms with Crippen molar-refractivity contribution >= 4 is 45.8 Å². The van der Waals surface area contributed by atoms with E-state index in [2.05, 4.69) is 47.5 Å². The number of amides is 1. The summed E-state index contributed by atoms with van der Waals surface area (Å²) in [6, 6.07) is 8.03. The molecule has 1 amide bonds. The minimum atomic E-state index is -0.402. The molecule has 1 aromatic carbocycles. The quantitative estimate of drug-likeness (QED) is 0.529. The van der Waals surface area contributed by atoms with Crippen molar-refractivity contribution < 1.29 is 4.79 Å². The van der Waals surface area contributed by atoms with Gasteiger partial charge in [-0.2, -0.15) is 0 Å². The second kappa shape index (κ2) is 5.81. The van der Waals surface area contributed by atoms with E-state index in [0.29, 0.717) is 5.88 Å². The van der Waals surface area contributed by atoms with E-state index in [1.54, 1.807) is 12.4 Å². The molecular formula is C17H16ClIN2O. The Hall–Kier alpha value is -1.14. The number of hydrogen-bond donors (Lipinski definition) is 0. The number of rotatable bonds is 3. The van der Waals surface area contributed by atoms with Crippen molar-refractivity contribution in [1.82, 2.24) is 4.98 Å². The zero-order chi connectivity index (χ0) is 15.9. The van der Waals surface area contributed by atoms with Gasteiger partial charge >= 0.3 is 0 Å². The highest BCUT2D eigenvalue weighted by Gasteiger charge is 2.44. The lowest BCUT2D eigenvalue weighted by molar-refractivity contribution is 0.0982. The SMILES string of the molecule is CC1(C)c2cc(CI)ccc2C(=O)N1c1cncc(CCl)c1.